The number of hydrogen-bond acceptors (Lipinski definition) is 4. The molecule has 0 aliphatic carbocycles. The van der Waals surface area contributed by atoms with Crippen LogP contribution in [0.15, 0.2) is 12.1 Å². The highest BCUT2D eigenvalue weighted by Gasteiger charge is 2.21. The smallest absolute Gasteiger partial charge is 0.294 e. The Morgan fingerprint density at radius 3 is 2.70 bits per heavy atom. The lowest BCUT2D eigenvalue weighted by Gasteiger charge is -2.25. The third-order valence-electron chi connectivity index (χ3n) is 3.00. The summed E-state index contributed by atoms with van der Waals surface area (Å²) in [6.07, 6.45) is 1.39. The molecule has 0 unspecified atom stereocenters. The van der Waals surface area contributed by atoms with Gasteiger partial charge >= 0.3 is 0 Å². The molecule has 0 fully saturated rings. The molecule has 0 saturated heterocycles. The van der Waals surface area contributed by atoms with Crippen molar-refractivity contribution in [1.29, 1.82) is 0 Å². The SMILES string of the molecule is CC(C)(CCCO)CNc1cc(F)c(Cl)cc1[N+](=O)[O-]. The maximum atomic E-state index is 13.4. The number of aliphatic hydroxyl groups is 1. The Balaban J connectivity index is 2.86. The first-order valence-electron chi connectivity index (χ1n) is 6.25. The number of nitro groups is 1. The molecule has 7 heteroatoms. The van der Waals surface area contributed by atoms with E-state index in [4.69, 9.17) is 16.7 Å². The number of benzene rings is 1. The largest absolute Gasteiger partial charge is 0.396 e. The van der Waals surface area contributed by atoms with Crippen LogP contribution in [0.2, 0.25) is 5.02 Å². The Hall–Kier alpha value is -1.40. The van der Waals surface area contributed by atoms with E-state index >= 15 is 0 Å². The molecule has 2 N–H and O–H groups in total. The zero-order valence-electron chi connectivity index (χ0n) is 11.4. The van der Waals surface area contributed by atoms with Crippen LogP contribution in [0.1, 0.15) is 26.7 Å². The highest BCUT2D eigenvalue weighted by Crippen LogP contribution is 2.32. The summed E-state index contributed by atoms with van der Waals surface area (Å²) in [6.45, 7) is 4.45. The van der Waals surface area contributed by atoms with Crippen LogP contribution in [-0.4, -0.2) is 23.2 Å². The molecule has 0 amide bonds. The minimum absolute atomic E-state index is 0.0964. The van der Waals surface area contributed by atoms with Crippen molar-refractivity contribution in [2.24, 2.45) is 5.41 Å². The van der Waals surface area contributed by atoms with Crippen molar-refractivity contribution >= 4 is 23.0 Å². The number of rotatable bonds is 7. The molecule has 0 saturated carbocycles. The summed E-state index contributed by atoms with van der Waals surface area (Å²) in [6, 6.07) is 2.03. The summed E-state index contributed by atoms with van der Waals surface area (Å²) in [5.41, 5.74) is -0.324. The van der Waals surface area contributed by atoms with E-state index in [1.807, 2.05) is 13.8 Å². The van der Waals surface area contributed by atoms with Gasteiger partial charge in [0, 0.05) is 25.3 Å². The van der Waals surface area contributed by atoms with Crippen LogP contribution in [0.3, 0.4) is 0 Å². The van der Waals surface area contributed by atoms with Gasteiger partial charge in [-0.3, -0.25) is 10.1 Å². The van der Waals surface area contributed by atoms with E-state index in [9.17, 15) is 14.5 Å². The van der Waals surface area contributed by atoms with E-state index < -0.39 is 10.7 Å². The molecular weight excluding hydrogens is 287 g/mol. The Bertz CT molecular complexity index is 495. The van der Waals surface area contributed by atoms with Crippen molar-refractivity contribution in [3.8, 4) is 0 Å². The Morgan fingerprint density at radius 2 is 2.15 bits per heavy atom. The van der Waals surface area contributed by atoms with Gasteiger partial charge in [-0.2, -0.15) is 0 Å². The van der Waals surface area contributed by atoms with Gasteiger partial charge in [0.05, 0.1) is 9.95 Å². The molecule has 0 radical (unpaired) electrons. The molecule has 0 heterocycles. The van der Waals surface area contributed by atoms with E-state index in [1.165, 1.54) is 0 Å². The summed E-state index contributed by atoms with van der Waals surface area (Å²) in [5.74, 6) is -0.701. The maximum Gasteiger partial charge on any atom is 0.294 e. The van der Waals surface area contributed by atoms with Gasteiger partial charge in [0.2, 0.25) is 0 Å². The fraction of sp³-hybridized carbons (Fsp3) is 0.538. The second-order valence-corrected chi connectivity index (χ2v) is 5.79. The Kier molecular flexibility index (Phi) is 5.71. The van der Waals surface area contributed by atoms with Crippen molar-refractivity contribution in [3.05, 3.63) is 33.1 Å². The lowest BCUT2D eigenvalue weighted by atomic mass is 9.88. The predicted octanol–water partition coefficient (Wildman–Crippen LogP) is 3.60. The fourth-order valence-corrected chi connectivity index (χ4v) is 1.97. The molecule has 5 nitrogen and oxygen atoms in total. The maximum absolute atomic E-state index is 13.4. The van der Waals surface area contributed by atoms with Gasteiger partial charge < -0.3 is 10.4 Å². The predicted molar refractivity (Wildman–Crippen MR) is 76.7 cm³/mol. The Morgan fingerprint density at radius 1 is 1.50 bits per heavy atom. The number of aliphatic hydroxyl groups excluding tert-OH is 1. The number of halogens is 2. The average molecular weight is 305 g/mol. The number of nitro benzene ring substituents is 1. The van der Waals surface area contributed by atoms with Crippen LogP contribution < -0.4 is 5.32 Å². The number of hydrogen-bond donors (Lipinski definition) is 2. The van der Waals surface area contributed by atoms with Crippen molar-refractivity contribution in [3.63, 3.8) is 0 Å². The first-order chi connectivity index (χ1) is 9.26. The average Bonchev–Trinajstić information content (AvgIpc) is 2.37. The third kappa shape index (κ3) is 4.61. The molecule has 0 atom stereocenters. The summed E-state index contributed by atoms with van der Waals surface area (Å²) < 4.78 is 13.4. The summed E-state index contributed by atoms with van der Waals surface area (Å²) in [5, 5.41) is 22.4. The van der Waals surface area contributed by atoms with Gasteiger partial charge in [0.15, 0.2) is 0 Å². The molecule has 0 aliphatic rings. The minimum Gasteiger partial charge on any atom is -0.396 e. The molecule has 1 rings (SSSR count). The highest BCUT2D eigenvalue weighted by molar-refractivity contribution is 6.31. The molecule has 1 aromatic carbocycles. The summed E-state index contributed by atoms with van der Waals surface area (Å²) >= 11 is 5.55. The normalized spacial score (nSPS) is 11.4. The van der Waals surface area contributed by atoms with Crippen LogP contribution in [0.25, 0.3) is 0 Å². The van der Waals surface area contributed by atoms with Crippen molar-refractivity contribution in [2.75, 3.05) is 18.5 Å². The van der Waals surface area contributed by atoms with Gasteiger partial charge in [-0.25, -0.2) is 4.39 Å². The zero-order valence-corrected chi connectivity index (χ0v) is 12.2. The van der Waals surface area contributed by atoms with Gasteiger partial charge in [-0.15, -0.1) is 0 Å². The van der Waals surface area contributed by atoms with Gasteiger partial charge in [0.1, 0.15) is 11.5 Å². The van der Waals surface area contributed by atoms with Crippen molar-refractivity contribution < 1.29 is 14.4 Å². The molecule has 0 spiro atoms. The lowest BCUT2D eigenvalue weighted by Crippen LogP contribution is -2.23. The van der Waals surface area contributed by atoms with E-state index in [0.29, 0.717) is 13.0 Å². The molecular formula is C13H18ClFN2O3. The monoisotopic (exact) mass is 304 g/mol. The Labute approximate surface area is 121 Å². The molecule has 1 aromatic rings. The highest BCUT2D eigenvalue weighted by atomic mass is 35.5. The van der Waals surface area contributed by atoms with Crippen LogP contribution in [0.5, 0.6) is 0 Å². The van der Waals surface area contributed by atoms with Crippen molar-refractivity contribution in [2.45, 2.75) is 26.7 Å². The quantitative estimate of drug-likeness (QED) is 0.596. The molecule has 0 aromatic heterocycles. The van der Waals surface area contributed by atoms with Crippen LogP contribution in [0.4, 0.5) is 15.8 Å². The lowest BCUT2D eigenvalue weighted by molar-refractivity contribution is -0.384. The fourth-order valence-electron chi connectivity index (χ4n) is 1.81. The van der Waals surface area contributed by atoms with E-state index in [1.54, 1.807) is 0 Å². The summed E-state index contributed by atoms with van der Waals surface area (Å²) in [4.78, 5) is 10.3. The minimum atomic E-state index is -0.701. The second kappa shape index (κ2) is 6.85. The van der Waals surface area contributed by atoms with E-state index in [2.05, 4.69) is 5.32 Å². The van der Waals surface area contributed by atoms with Crippen LogP contribution in [0, 0.1) is 21.3 Å². The number of nitrogens with one attached hydrogen (secondary N) is 1. The standard InChI is InChI=1S/C13H18ClFN2O3/c1-13(2,4-3-5-18)8-16-11-7-10(15)9(14)6-12(11)17(19)20/h6-7,16,18H,3-5,8H2,1-2H3. The van der Waals surface area contributed by atoms with Crippen molar-refractivity contribution in [1.82, 2.24) is 0 Å². The van der Waals surface area contributed by atoms with Gasteiger partial charge in [-0.05, 0) is 18.3 Å². The molecule has 112 valence electrons. The van der Waals surface area contributed by atoms with E-state index in [0.717, 1.165) is 18.6 Å². The summed E-state index contributed by atoms with van der Waals surface area (Å²) in [7, 11) is 0. The van der Waals surface area contributed by atoms with Crippen LogP contribution in [-0.2, 0) is 0 Å². The third-order valence-corrected chi connectivity index (χ3v) is 3.29. The van der Waals surface area contributed by atoms with E-state index in [-0.39, 0.29) is 28.4 Å². The molecule has 0 bridgehead atoms. The number of anilines is 1. The first-order valence-corrected chi connectivity index (χ1v) is 6.63. The first kappa shape index (κ1) is 16.7. The second-order valence-electron chi connectivity index (χ2n) is 5.39. The topological polar surface area (TPSA) is 75.4 Å². The van der Waals surface area contributed by atoms with Gasteiger partial charge in [-0.1, -0.05) is 25.4 Å². The van der Waals surface area contributed by atoms with Crippen LogP contribution >= 0.6 is 11.6 Å². The molecule has 20 heavy (non-hydrogen) atoms. The number of nitrogens with zero attached hydrogens (tertiary/aromatic N) is 1. The zero-order chi connectivity index (χ0) is 15.3. The molecule has 0 aliphatic heterocycles. The van der Waals surface area contributed by atoms with Gasteiger partial charge in [0.25, 0.3) is 5.69 Å².